The summed E-state index contributed by atoms with van der Waals surface area (Å²) in [7, 11) is 0. The number of aliphatic hydroxyl groups excluding tert-OH is 1. The van der Waals surface area contributed by atoms with E-state index in [4.69, 9.17) is 20.7 Å². The van der Waals surface area contributed by atoms with Crippen molar-refractivity contribution < 1.29 is 19.7 Å². The van der Waals surface area contributed by atoms with Crippen molar-refractivity contribution in [2.45, 2.75) is 11.7 Å². The summed E-state index contributed by atoms with van der Waals surface area (Å²) >= 11 is 1.47. The molecule has 1 fully saturated rings. The van der Waals surface area contributed by atoms with Crippen LogP contribution in [0.5, 0.6) is 0 Å². The molecule has 0 radical (unpaired) electrons. The van der Waals surface area contributed by atoms with Gasteiger partial charge in [0.25, 0.3) is 0 Å². The predicted octanol–water partition coefficient (Wildman–Crippen LogP) is -1.56. The third-order valence-electron chi connectivity index (χ3n) is 2.22. The van der Waals surface area contributed by atoms with E-state index < -0.39 is 11.7 Å². The minimum absolute atomic E-state index is 0.0572. The maximum absolute atomic E-state index is 11.4. The summed E-state index contributed by atoms with van der Waals surface area (Å²) in [6.07, 6.45) is 1.18. The van der Waals surface area contributed by atoms with Gasteiger partial charge in [0.15, 0.2) is 0 Å². The van der Waals surface area contributed by atoms with Crippen molar-refractivity contribution in [2.75, 3.05) is 24.6 Å². The number of hydrogen-bond acceptors (Lipinski definition) is 8. The van der Waals surface area contributed by atoms with E-state index in [1.807, 2.05) is 0 Å². The van der Waals surface area contributed by atoms with Crippen LogP contribution in [0.2, 0.25) is 0 Å². The lowest BCUT2D eigenvalue weighted by Crippen LogP contribution is -2.28. The second kappa shape index (κ2) is 7.85. The van der Waals surface area contributed by atoms with Crippen molar-refractivity contribution in [3.8, 4) is 0 Å². The van der Waals surface area contributed by atoms with Crippen molar-refractivity contribution in [3.05, 3.63) is 22.7 Å². The fraction of sp³-hybridized carbons (Fsp3) is 0.500. The maximum atomic E-state index is 11.4. The van der Waals surface area contributed by atoms with E-state index >= 15 is 0 Å². The number of aliphatic hydroxyl groups is 1. The molecule has 2 rings (SSSR count). The lowest BCUT2D eigenvalue weighted by Gasteiger charge is -2.13. The van der Waals surface area contributed by atoms with Crippen molar-refractivity contribution in [3.63, 3.8) is 0 Å². The molecule has 2 atom stereocenters. The van der Waals surface area contributed by atoms with Crippen LogP contribution in [0.25, 0.3) is 0 Å². The van der Waals surface area contributed by atoms with Gasteiger partial charge in [-0.25, -0.2) is 4.79 Å². The SMILES string of the molecule is NCC(=O)O.Nc1ccn([C@H]2CS[C@@H](CO)O2)c(=O)n1. The number of ether oxygens (including phenoxy) is 1. The number of hydrogen-bond donors (Lipinski definition) is 4. The summed E-state index contributed by atoms with van der Waals surface area (Å²) < 4.78 is 6.79. The largest absolute Gasteiger partial charge is 0.480 e. The number of aliphatic carboxylic acids is 1. The van der Waals surface area contributed by atoms with Gasteiger partial charge >= 0.3 is 11.7 Å². The first-order valence-corrected chi connectivity index (χ1v) is 6.67. The minimum Gasteiger partial charge on any atom is -0.480 e. The molecule has 1 aromatic rings. The second-order valence-electron chi connectivity index (χ2n) is 3.68. The number of nitrogens with zero attached hydrogens (tertiary/aromatic N) is 2. The van der Waals surface area contributed by atoms with Crippen molar-refractivity contribution in [1.29, 1.82) is 0 Å². The first-order valence-electron chi connectivity index (χ1n) is 5.62. The molecule has 0 saturated carbocycles. The van der Waals surface area contributed by atoms with E-state index in [0.717, 1.165) is 0 Å². The molecule has 112 valence electrons. The Kier molecular flexibility index (Phi) is 6.45. The molecule has 6 N–H and O–H groups in total. The number of carboxylic acid groups (broad SMARTS) is 1. The Labute approximate surface area is 118 Å². The van der Waals surface area contributed by atoms with Crippen LogP contribution in [0.15, 0.2) is 17.1 Å². The quantitative estimate of drug-likeness (QED) is 0.518. The van der Waals surface area contributed by atoms with Crippen LogP contribution in [-0.4, -0.2) is 50.1 Å². The molecule has 0 aliphatic carbocycles. The first-order chi connectivity index (χ1) is 9.47. The Bertz CT molecular complexity index is 509. The second-order valence-corrected chi connectivity index (χ2v) is 4.87. The highest BCUT2D eigenvalue weighted by Crippen LogP contribution is 2.30. The summed E-state index contributed by atoms with van der Waals surface area (Å²) in [4.78, 5) is 24.3. The zero-order valence-electron chi connectivity index (χ0n) is 10.5. The third-order valence-corrected chi connectivity index (χ3v) is 3.33. The van der Waals surface area contributed by atoms with E-state index in [1.165, 1.54) is 16.3 Å². The number of anilines is 1. The standard InChI is InChI=1S/C8H11N3O3S.C2H5NO2/c9-5-1-2-11(8(13)10-5)6-4-15-7(3-12)14-6;3-1-2(4)5/h1-2,6-7,12H,3-4H2,(H2,9,10,13);1,3H2,(H,4,5)/t6-,7+;/m1./s1. The highest BCUT2D eigenvalue weighted by molar-refractivity contribution is 8.00. The summed E-state index contributed by atoms with van der Waals surface area (Å²) in [6, 6.07) is 1.54. The van der Waals surface area contributed by atoms with Gasteiger partial charge in [-0.05, 0) is 6.07 Å². The number of carboxylic acids is 1. The molecular weight excluding hydrogens is 288 g/mol. The van der Waals surface area contributed by atoms with Gasteiger partial charge in [0, 0.05) is 11.9 Å². The number of rotatable bonds is 3. The predicted molar refractivity (Wildman–Crippen MR) is 73.1 cm³/mol. The van der Waals surface area contributed by atoms with Crippen molar-refractivity contribution in [1.82, 2.24) is 9.55 Å². The fourth-order valence-corrected chi connectivity index (χ4v) is 2.26. The van der Waals surface area contributed by atoms with Gasteiger partial charge in [-0.1, -0.05) is 0 Å². The van der Waals surface area contributed by atoms with Crippen LogP contribution >= 0.6 is 11.8 Å². The Morgan fingerprint density at radius 1 is 1.65 bits per heavy atom. The number of nitrogen functional groups attached to an aromatic ring is 1. The lowest BCUT2D eigenvalue weighted by atomic mass is 10.5. The molecule has 10 heteroatoms. The fourth-order valence-electron chi connectivity index (χ4n) is 1.33. The molecule has 0 unspecified atom stereocenters. The minimum atomic E-state index is -0.968. The normalized spacial score (nSPS) is 21.1. The highest BCUT2D eigenvalue weighted by Gasteiger charge is 2.27. The molecule has 0 bridgehead atoms. The topological polar surface area (TPSA) is 154 Å². The molecule has 1 aliphatic rings. The van der Waals surface area contributed by atoms with E-state index in [-0.39, 0.29) is 30.6 Å². The molecule has 2 heterocycles. The van der Waals surface area contributed by atoms with Gasteiger partial charge < -0.3 is 26.4 Å². The van der Waals surface area contributed by atoms with E-state index in [0.29, 0.717) is 5.75 Å². The average Bonchev–Trinajstić information content (AvgIpc) is 2.88. The first kappa shape index (κ1) is 16.4. The molecule has 20 heavy (non-hydrogen) atoms. The Morgan fingerprint density at radius 2 is 2.30 bits per heavy atom. The maximum Gasteiger partial charge on any atom is 0.351 e. The van der Waals surface area contributed by atoms with E-state index in [2.05, 4.69) is 10.7 Å². The van der Waals surface area contributed by atoms with Gasteiger partial charge in [0.1, 0.15) is 17.5 Å². The number of aromatic nitrogens is 2. The van der Waals surface area contributed by atoms with Crippen LogP contribution < -0.4 is 17.2 Å². The molecule has 1 aromatic heterocycles. The van der Waals surface area contributed by atoms with Gasteiger partial charge in [0.05, 0.1) is 13.2 Å². The summed E-state index contributed by atoms with van der Waals surface area (Å²) in [5, 5.41) is 16.5. The Balaban J connectivity index is 0.000000347. The monoisotopic (exact) mass is 304 g/mol. The van der Waals surface area contributed by atoms with Gasteiger partial charge in [-0.2, -0.15) is 4.98 Å². The molecule has 0 amide bonds. The molecule has 1 saturated heterocycles. The van der Waals surface area contributed by atoms with Crippen molar-refractivity contribution in [2.24, 2.45) is 5.73 Å². The molecule has 1 aliphatic heterocycles. The number of nitrogens with two attached hydrogens (primary N) is 2. The number of carbonyl (C=O) groups is 1. The molecule has 0 aromatic carbocycles. The van der Waals surface area contributed by atoms with E-state index in [9.17, 15) is 9.59 Å². The van der Waals surface area contributed by atoms with Crippen molar-refractivity contribution >= 4 is 23.5 Å². The molecule has 0 spiro atoms. The van der Waals surface area contributed by atoms with Crippen LogP contribution in [0, 0.1) is 0 Å². The summed E-state index contributed by atoms with van der Waals surface area (Å²) in [5.41, 5.74) is 9.25. The summed E-state index contributed by atoms with van der Waals surface area (Å²) in [6.45, 7) is -0.335. The van der Waals surface area contributed by atoms with Crippen LogP contribution in [0.1, 0.15) is 6.23 Å². The third kappa shape index (κ3) is 4.81. The summed E-state index contributed by atoms with van der Waals surface area (Å²) in [5.74, 6) is -0.151. The zero-order chi connectivity index (χ0) is 15.1. The lowest BCUT2D eigenvalue weighted by molar-refractivity contribution is -0.135. The zero-order valence-corrected chi connectivity index (χ0v) is 11.3. The Hall–Kier alpha value is -1.62. The van der Waals surface area contributed by atoms with Gasteiger partial charge in [-0.15, -0.1) is 11.8 Å². The van der Waals surface area contributed by atoms with Gasteiger partial charge in [0.2, 0.25) is 0 Å². The molecular formula is C10H16N4O5S. The van der Waals surface area contributed by atoms with Gasteiger partial charge in [-0.3, -0.25) is 9.36 Å². The average molecular weight is 304 g/mol. The smallest absolute Gasteiger partial charge is 0.351 e. The highest BCUT2D eigenvalue weighted by atomic mass is 32.2. The van der Waals surface area contributed by atoms with Crippen LogP contribution in [0.4, 0.5) is 5.82 Å². The van der Waals surface area contributed by atoms with E-state index in [1.54, 1.807) is 12.3 Å². The number of thioether (sulfide) groups is 1. The van der Waals surface area contributed by atoms with Crippen LogP contribution in [0.3, 0.4) is 0 Å². The van der Waals surface area contributed by atoms with Crippen LogP contribution in [-0.2, 0) is 9.53 Å². The molecule has 9 nitrogen and oxygen atoms in total. The Morgan fingerprint density at radius 3 is 2.75 bits per heavy atom.